The zero-order valence-electron chi connectivity index (χ0n) is 16.2. The predicted octanol–water partition coefficient (Wildman–Crippen LogP) is 4.43. The van der Waals surface area contributed by atoms with Crippen molar-refractivity contribution in [1.82, 2.24) is 10.3 Å². The van der Waals surface area contributed by atoms with Crippen LogP contribution in [-0.4, -0.2) is 24.0 Å². The number of aromatic nitrogens is 1. The van der Waals surface area contributed by atoms with Crippen LogP contribution in [0.4, 0.5) is 5.13 Å². The van der Waals surface area contributed by atoms with E-state index in [0.717, 1.165) is 35.1 Å². The standard InChI is InChI=1S/C22H25N3O2S/c1-3-27-19-11-9-18(10-12-19)15-24-21(26)20-16(2)25-22(28-20)23-14-13-17-7-5-4-6-8-17/h4-12H,3,13-15H2,1-2H3,(H,23,25)(H,24,26). The molecule has 2 N–H and O–H groups in total. The number of carbonyl (C=O) groups excluding carboxylic acids is 1. The van der Waals surface area contributed by atoms with Crippen LogP contribution in [0.5, 0.6) is 5.75 Å². The zero-order valence-corrected chi connectivity index (χ0v) is 17.0. The molecule has 3 aromatic rings. The Morgan fingerprint density at radius 1 is 1.07 bits per heavy atom. The summed E-state index contributed by atoms with van der Waals surface area (Å²) >= 11 is 1.39. The molecule has 0 spiro atoms. The highest BCUT2D eigenvalue weighted by Crippen LogP contribution is 2.22. The lowest BCUT2D eigenvalue weighted by molar-refractivity contribution is 0.0954. The molecular weight excluding hydrogens is 370 g/mol. The van der Waals surface area contributed by atoms with Gasteiger partial charge < -0.3 is 15.4 Å². The van der Waals surface area contributed by atoms with Crippen molar-refractivity contribution in [2.24, 2.45) is 0 Å². The maximum Gasteiger partial charge on any atom is 0.263 e. The average molecular weight is 396 g/mol. The third-order valence-corrected chi connectivity index (χ3v) is 5.34. The maximum atomic E-state index is 12.5. The molecule has 0 aliphatic rings. The van der Waals surface area contributed by atoms with E-state index in [4.69, 9.17) is 4.74 Å². The van der Waals surface area contributed by atoms with Gasteiger partial charge >= 0.3 is 0 Å². The van der Waals surface area contributed by atoms with Gasteiger partial charge in [0.15, 0.2) is 5.13 Å². The van der Waals surface area contributed by atoms with Gasteiger partial charge in [0.1, 0.15) is 10.6 Å². The van der Waals surface area contributed by atoms with Crippen LogP contribution in [-0.2, 0) is 13.0 Å². The second-order valence-electron chi connectivity index (χ2n) is 6.36. The SMILES string of the molecule is CCOc1ccc(CNC(=O)c2sc(NCCc3ccccc3)nc2C)cc1. The van der Waals surface area contributed by atoms with E-state index in [2.05, 4.69) is 27.8 Å². The van der Waals surface area contributed by atoms with Crippen LogP contribution in [0.2, 0.25) is 0 Å². The smallest absolute Gasteiger partial charge is 0.263 e. The molecule has 6 heteroatoms. The van der Waals surface area contributed by atoms with Gasteiger partial charge in [-0.05, 0) is 43.5 Å². The minimum Gasteiger partial charge on any atom is -0.494 e. The number of aryl methyl sites for hydroxylation is 1. The molecule has 2 aromatic carbocycles. The molecule has 0 aliphatic carbocycles. The highest BCUT2D eigenvalue weighted by Gasteiger charge is 2.15. The highest BCUT2D eigenvalue weighted by atomic mass is 32.1. The molecule has 146 valence electrons. The number of nitrogens with zero attached hydrogens (tertiary/aromatic N) is 1. The van der Waals surface area contributed by atoms with Crippen molar-refractivity contribution < 1.29 is 9.53 Å². The fraction of sp³-hybridized carbons (Fsp3) is 0.273. The van der Waals surface area contributed by atoms with Crippen molar-refractivity contribution in [2.45, 2.75) is 26.8 Å². The Morgan fingerprint density at radius 3 is 2.54 bits per heavy atom. The van der Waals surface area contributed by atoms with Crippen molar-refractivity contribution in [3.8, 4) is 5.75 Å². The monoisotopic (exact) mass is 395 g/mol. The first-order valence-electron chi connectivity index (χ1n) is 9.41. The van der Waals surface area contributed by atoms with Crippen molar-refractivity contribution in [2.75, 3.05) is 18.5 Å². The maximum absolute atomic E-state index is 12.5. The summed E-state index contributed by atoms with van der Waals surface area (Å²) in [6.45, 7) is 5.72. The van der Waals surface area contributed by atoms with Crippen LogP contribution in [0.1, 0.15) is 33.4 Å². The van der Waals surface area contributed by atoms with Gasteiger partial charge in [0, 0.05) is 13.1 Å². The molecule has 28 heavy (non-hydrogen) atoms. The van der Waals surface area contributed by atoms with Gasteiger partial charge in [-0.1, -0.05) is 53.8 Å². The Hall–Kier alpha value is -2.86. The molecule has 0 radical (unpaired) electrons. The summed E-state index contributed by atoms with van der Waals surface area (Å²) < 4.78 is 5.43. The van der Waals surface area contributed by atoms with Crippen LogP contribution in [0, 0.1) is 6.92 Å². The van der Waals surface area contributed by atoms with Crippen molar-refractivity contribution in [1.29, 1.82) is 0 Å². The molecule has 3 rings (SSSR count). The molecular formula is C22H25N3O2S. The molecule has 1 heterocycles. The van der Waals surface area contributed by atoms with Crippen molar-refractivity contribution in [3.05, 3.63) is 76.3 Å². The number of carbonyl (C=O) groups is 1. The van der Waals surface area contributed by atoms with Crippen LogP contribution in [0.15, 0.2) is 54.6 Å². The molecule has 5 nitrogen and oxygen atoms in total. The number of benzene rings is 2. The minimum atomic E-state index is -0.0972. The molecule has 0 unspecified atom stereocenters. The van der Waals surface area contributed by atoms with Gasteiger partial charge in [-0.2, -0.15) is 0 Å². The van der Waals surface area contributed by atoms with E-state index in [9.17, 15) is 4.79 Å². The third kappa shape index (κ3) is 5.57. The molecule has 0 aliphatic heterocycles. The van der Waals surface area contributed by atoms with E-state index in [0.29, 0.717) is 18.0 Å². The number of hydrogen-bond acceptors (Lipinski definition) is 5. The lowest BCUT2D eigenvalue weighted by atomic mass is 10.2. The van der Waals surface area contributed by atoms with Crippen LogP contribution in [0.25, 0.3) is 0 Å². The fourth-order valence-electron chi connectivity index (χ4n) is 2.77. The molecule has 0 fully saturated rings. The predicted molar refractivity (Wildman–Crippen MR) is 114 cm³/mol. The van der Waals surface area contributed by atoms with E-state index >= 15 is 0 Å². The number of ether oxygens (including phenoxy) is 1. The quantitative estimate of drug-likeness (QED) is 0.562. The largest absolute Gasteiger partial charge is 0.494 e. The van der Waals surface area contributed by atoms with Gasteiger partial charge in [0.05, 0.1) is 12.3 Å². The Kier molecular flexibility index (Phi) is 7.03. The summed E-state index contributed by atoms with van der Waals surface area (Å²) in [5.74, 6) is 0.738. The van der Waals surface area contributed by atoms with Gasteiger partial charge in [-0.25, -0.2) is 4.98 Å². The third-order valence-electron chi connectivity index (χ3n) is 4.22. The van der Waals surface area contributed by atoms with Gasteiger partial charge in [-0.3, -0.25) is 4.79 Å². The Labute approximate surface area is 169 Å². The van der Waals surface area contributed by atoms with E-state index in [-0.39, 0.29) is 5.91 Å². The lowest BCUT2D eigenvalue weighted by Crippen LogP contribution is -2.22. The number of rotatable bonds is 9. The first-order chi connectivity index (χ1) is 13.7. The van der Waals surface area contributed by atoms with E-state index in [1.165, 1.54) is 16.9 Å². The summed E-state index contributed by atoms with van der Waals surface area (Å²) in [6.07, 6.45) is 0.915. The summed E-state index contributed by atoms with van der Waals surface area (Å²) in [5.41, 5.74) is 3.05. The number of anilines is 1. The Balaban J connectivity index is 1.51. The Morgan fingerprint density at radius 2 is 1.82 bits per heavy atom. The number of thiazole rings is 1. The number of nitrogens with one attached hydrogen (secondary N) is 2. The van der Waals surface area contributed by atoms with Crippen LogP contribution in [0.3, 0.4) is 0 Å². The summed E-state index contributed by atoms with van der Waals surface area (Å²) in [4.78, 5) is 17.7. The van der Waals surface area contributed by atoms with Gasteiger partial charge in [0.25, 0.3) is 5.91 Å². The van der Waals surface area contributed by atoms with Crippen molar-refractivity contribution >= 4 is 22.4 Å². The molecule has 0 atom stereocenters. The minimum absolute atomic E-state index is 0.0972. The summed E-state index contributed by atoms with van der Waals surface area (Å²) in [6, 6.07) is 18.0. The summed E-state index contributed by atoms with van der Waals surface area (Å²) in [7, 11) is 0. The summed E-state index contributed by atoms with van der Waals surface area (Å²) in [5, 5.41) is 7.06. The van der Waals surface area contributed by atoms with E-state index < -0.39 is 0 Å². The normalized spacial score (nSPS) is 10.5. The molecule has 0 saturated heterocycles. The highest BCUT2D eigenvalue weighted by molar-refractivity contribution is 7.17. The fourth-order valence-corrected chi connectivity index (χ4v) is 3.68. The van der Waals surface area contributed by atoms with E-state index in [1.54, 1.807) is 0 Å². The van der Waals surface area contributed by atoms with Crippen LogP contribution < -0.4 is 15.4 Å². The second kappa shape index (κ2) is 9.90. The zero-order chi connectivity index (χ0) is 19.8. The molecule has 0 bridgehead atoms. The van der Waals surface area contributed by atoms with Crippen molar-refractivity contribution in [3.63, 3.8) is 0 Å². The van der Waals surface area contributed by atoms with Gasteiger partial charge in [0.2, 0.25) is 0 Å². The first-order valence-corrected chi connectivity index (χ1v) is 10.2. The lowest BCUT2D eigenvalue weighted by Gasteiger charge is -2.06. The van der Waals surface area contributed by atoms with Crippen LogP contribution >= 0.6 is 11.3 Å². The number of amides is 1. The first kappa shape index (κ1) is 19.9. The van der Waals surface area contributed by atoms with E-state index in [1.807, 2.05) is 56.3 Å². The molecule has 1 aromatic heterocycles. The van der Waals surface area contributed by atoms with Gasteiger partial charge in [-0.15, -0.1) is 0 Å². The average Bonchev–Trinajstić information content (AvgIpc) is 3.09. The number of hydrogen-bond donors (Lipinski definition) is 2. The second-order valence-corrected chi connectivity index (χ2v) is 7.35. The Bertz CT molecular complexity index is 892. The molecule has 1 amide bonds. The molecule has 0 saturated carbocycles. The topological polar surface area (TPSA) is 63.2 Å².